The summed E-state index contributed by atoms with van der Waals surface area (Å²) in [7, 11) is 0. The van der Waals surface area contributed by atoms with Crippen molar-refractivity contribution >= 4 is 17.6 Å². The maximum atomic E-state index is 9.61. The normalized spacial score (nSPS) is 19.0. The van der Waals surface area contributed by atoms with E-state index in [1.807, 2.05) is 13.0 Å². The van der Waals surface area contributed by atoms with Crippen molar-refractivity contribution in [2.24, 2.45) is 10.7 Å². The van der Waals surface area contributed by atoms with Crippen molar-refractivity contribution in [3.8, 4) is 5.75 Å². The monoisotopic (exact) mass is 308 g/mol. The van der Waals surface area contributed by atoms with Gasteiger partial charge in [0, 0.05) is 17.7 Å². The molecule has 1 atom stereocenters. The fourth-order valence-corrected chi connectivity index (χ4v) is 2.80. The Balaban J connectivity index is 1.92. The van der Waals surface area contributed by atoms with Crippen LogP contribution in [0, 0.1) is 0 Å². The highest BCUT2D eigenvalue weighted by Gasteiger charge is 2.27. The third-order valence-electron chi connectivity index (χ3n) is 4.05. The van der Waals surface area contributed by atoms with Gasteiger partial charge in [0.25, 0.3) is 0 Å². The van der Waals surface area contributed by atoms with Gasteiger partial charge in [0.2, 0.25) is 0 Å². The number of benzene rings is 1. The number of aromatic nitrogens is 2. The molecule has 2 aliphatic rings. The largest absolute Gasteiger partial charge is 0.508 e. The summed E-state index contributed by atoms with van der Waals surface area (Å²) >= 11 is 0. The Morgan fingerprint density at radius 1 is 1.26 bits per heavy atom. The van der Waals surface area contributed by atoms with E-state index in [0.717, 1.165) is 39.0 Å². The maximum Gasteiger partial charge on any atom is 0.157 e. The summed E-state index contributed by atoms with van der Waals surface area (Å²) in [5.41, 5.74) is 15.4. The number of hydrogen-bond acceptors (Lipinski definition) is 7. The van der Waals surface area contributed by atoms with E-state index in [4.69, 9.17) is 5.73 Å². The van der Waals surface area contributed by atoms with Gasteiger partial charge in [-0.1, -0.05) is 6.92 Å². The lowest BCUT2D eigenvalue weighted by Gasteiger charge is -2.12. The topological polar surface area (TPSA) is 108 Å². The quantitative estimate of drug-likeness (QED) is 0.620. The lowest BCUT2D eigenvalue weighted by molar-refractivity contribution is 0.474. The minimum Gasteiger partial charge on any atom is -0.508 e. The van der Waals surface area contributed by atoms with E-state index in [1.165, 1.54) is 6.33 Å². The molecule has 1 aromatic heterocycles. The number of nitrogens with two attached hydrogens (primary N) is 1. The molecule has 0 fully saturated rings. The van der Waals surface area contributed by atoms with Gasteiger partial charge in [-0.2, -0.15) is 0 Å². The van der Waals surface area contributed by atoms with Crippen LogP contribution >= 0.6 is 0 Å². The Bertz CT molecular complexity index is 950. The van der Waals surface area contributed by atoms with E-state index in [2.05, 4.69) is 25.8 Å². The molecule has 2 aliphatic heterocycles. The van der Waals surface area contributed by atoms with Gasteiger partial charge in [-0.25, -0.2) is 15.0 Å². The molecule has 0 saturated carbocycles. The molecule has 0 radical (unpaired) electrons. The number of allylic oxidation sites excluding steroid dienone is 1. The van der Waals surface area contributed by atoms with Crippen LogP contribution in [0.1, 0.15) is 24.1 Å². The number of nitrogens with zero attached hydrogens (tertiary/aromatic N) is 3. The molecule has 0 bridgehead atoms. The molecule has 7 heteroatoms. The van der Waals surface area contributed by atoms with Crippen molar-refractivity contribution in [2.45, 2.75) is 12.8 Å². The molecule has 5 N–H and O–H groups in total. The molecule has 1 aromatic carbocycles. The number of nitrogens with one attached hydrogen (secondary N) is 2. The Hall–Kier alpha value is -2.93. The van der Waals surface area contributed by atoms with Crippen molar-refractivity contribution in [1.29, 1.82) is 0 Å². The molecule has 0 amide bonds. The zero-order chi connectivity index (χ0) is 16.0. The second-order valence-electron chi connectivity index (χ2n) is 5.63. The molecule has 23 heavy (non-hydrogen) atoms. The molecule has 0 saturated heterocycles. The standard InChI is InChI=1S/C16H16N6O/c1-8(6-17)14-13-15(21-22-16(13)19-7-18-14)12-5-9-4-10(23)2-3-11(9)20-12/h2-5,7-8,21,23H,6,17H2,1H3,(H,18,19,22)/b15-12+. The van der Waals surface area contributed by atoms with Gasteiger partial charge in [0.1, 0.15) is 12.1 Å². The van der Waals surface area contributed by atoms with Gasteiger partial charge in [-0.15, -0.1) is 0 Å². The average molecular weight is 308 g/mol. The van der Waals surface area contributed by atoms with E-state index < -0.39 is 0 Å². The van der Waals surface area contributed by atoms with Gasteiger partial charge < -0.3 is 10.8 Å². The van der Waals surface area contributed by atoms with Crippen LogP contribution in [0.15, 0.2) is 35.2 Å². The van der Waals surface area contributed by atoms with E-state index in [0.29, 0.717) is 6.54 Å². The van der Waals surface area contributed by atoms with Gasteiger partial charge in [0.15, 0.2) is 5.82 Å². The third-order valence-corrected chi connectivity index (χ3v) is 4.05. The summed E-state index contributed by atoms with van der Waals surface area (Å²) < 4.78 is 0. The molecule has 0 spiro atoms. The van der Waals surface area contributed by atoms with Crippen molar-refractivity contribution < 1.29 is 5.11 Å². The second kappa shape index (κ2) is 5.06. The molecule has 2 aromatic rings. The summed E-state index contributed by atoms with van der Waals surface area (Å²) in [6.45, 7) is 2.53. The summed E-state index contributed by atoms with van der Waals surface area (Å²) in [5, 5.41) is 11.3. The predicted molar refractivity (Wildman–Crippen MR) is 86.5 cm³/mol. The number of phenols is 1. The first-order valence-corrected chi connectivity index (χ1v) is 7.38. The predicted octanol–water partition coefficient (Wildman–Crippen LogP) is -0.0430. The van der Waals surface area contributed by atoms with Crippen molar-refractivity contribution in [1.82, 2.24) is 15.4 Å². The van der Waals surface area contributed by atoms with Crippen LogP contribution in [0.2, 0.25) is 0 Å². The molecular weight excluding hydrogens is 292 g/mol. The number of phenolic OH excluding ortho intramolecular Hbond substituents is 1. The van der Waals surface area contributed by atoms with Crippen molar-refractivity contribution in [3.05, 3.63) is 52.1 Å². The fraction of sp³-hybridized carbons (Fsp3) is 0.188. The SMILES string of the molecule is CC(CN)c1ncnc2c1/C(=C1/C=c3cc(O)ccc3=N1)NN2. The molecule has 3 heterocycles. The smallest absolute Gasteiger partial charge is 0.157 e. The molecular formula is C16H16N6O. The van der Waals surface area contributed by atoms with Crippen LogP contribution < -0.4 is 27.2 Å². The maximum absolute atomic E-state index is 9.61. The summed E-state index contributed by atoms with van der Waals surface area (Å²) in [6, 6.07) is 5.12. The summed E-state index contributed by atoms with van der Waals surface area (Å²) in [4.78, 5) is 13.3. The molecule has 0 aliphatic carbocycles. The molecule has 116 valence electrons. The van der Waals surface area contributed by atoms with Crippen LogP contribution in [-0.2, 0) is 0 Å². The number of anilines is 1. The number of fused-ring (bicyclic) bond motifs is 2. The number of hydrazine groups is 1. The van der Waals surface area contributed by atoms with Gasteiger partial charge in [-0.3, -0.25) is 10.9 Å². The minimum absolute atomic E-state index is 0.108. The fourth-order valence-electron chi connectivity index (χ4n) is 2.80. The average Bonchev–Trinajstić information content (AvgIpc) is 3.16. The van der Waals surface area contributed by atoms with Crippen LogP contribution in [0.25, 0.3) is 11.8 Å². The highest BCUT2D eigenvalue weighted by atomic mass is 16.3. The highest BCUT2D eigenvalue weighted by Crippen LogP contribution is 2.34. The zero-order valence-electron chi connectivity index (χ0n) is 12.5. The Labute approximate surface area is 132 Å². The van der Waals surface area contributed by atoms with E-state index >= 15 is 0 Å². The highest BCUT2D eigenvalue weighted by molar-refractivity contribution is 5.86. The van der Waals surface area contributed by atoms with Gasteiger partial charge >= 0.3 is 0 Å². The number of aromatic hydroxyl groups is 1. The van der Waals surface area contributed by atoms with Crippen LogP contribution in [0.5, 0.6) is 5.75 Å². The zero-order valence-corrected chi connectivity index (χ0v) is 12.5. The summed E-state index contributed by atoms with van der Waals surface area (Å²) in [5.74, 6) is 1.05. The Kier molecular flexibility index (Phi) is 3.02. The van der Waals surface area contributed by atoms with Gasteiger partial charge in [-0.05, 0) is 24.3 Å². The van der Waals surface area contributed by atoms with E-state index in [9.17, 15) is 5.11 Å². The first-order chi connectivity index (χ1) is 11.2. The van der Waals surface area contributed by atoms with Crippen molar-refractivity contribution in [3.63, 3.8) is 0 Å². The summed E-state index contributed by atoms with van der Waals surface area (Å²) in [6.07, 6.45) is 3.46. The number of rotatable bonds is 2. The third kappa shape index (κ3) is 2.13. The van der Waals surface area contributed by atoms with Crippen molar-refractivity contribution in [2.75, 3.05) is 12.0 Å². The first kappa shape index (κ1) is 13.7. The molecule has 7 nitrogen and oxygen atoms in total. The van der Waals surface area contributed by atoms with E-state index in [-0.39, 0.29) is 11.7 Å². The lowest BCUT2D eigenvalue weighted by atomic mass is 10.0. The number of hydrogen-bond donors (Lipinski definition) is 4. The van der Waals surface area contributed by atoms with Crippen LogP contribution in [0.3, 0.4) is 0 Å². The second-order valence-corrected chi connectivity index (χ2v) is 5.63. The Morgan fingerprint density at radius 2 is 2.13 bits per heavy atom. The first-order valence-electron chi connectivity index (χ1n) is 7.38. The minimum atomic E-state index is 0.108. The molecule has 1 unspecified atom stereocenters. The lowest BCUT2D eigenvalue weighted by Crippen LogP contribution is -2.19. The van der Waals surface area contributed by atoms with E-state index in [1.54, 1.807) is 18.2 Å². The van der Waals surface area contributed by atoms with Crippen LogP contribution in [0.4, 0.5) is 5.82 Å². The van der Waals surface area contributed by atoms with Crippen LogP contribution in [-0.4, -0.2) is 21.6 Å². The molecule has 4 rings (SSSR count). The Morgan fingerprint density at radius 3 is 2.96 bits per heavy atom. The van der Waals surface area contributed by atoms with Gasteiger partial charge in [0.05, 0.1) is 28.0 Å².